The summed E-state index contributed by atoms with van der Waals surface area (Å²) in [6.07, 6.45) is 4.41. The molecule has 7 heteroatoms. The highest BCUT2D eigenvalue weighted by atomic mass is 16.6. The highest BCUT2D eigenvalue weighted by Crippen LogP contribution is 2.33. The summed E-state index contributed by atoms with van der Waals surface area (Å²) in [5.74, 6) is 1.71. The molecule has 0 amide bonds. The quantitative estimate of drug-likeness (QED) is 0.406. The van der Waals surface area contributed by atoms with Gasteiger partial charge in [0.2, 0.25) is 5.89 Å². The third kappa shape index (κ3) is 4.25. The molecule has 27 heavy (non-hydrogen) atoms. The Morgan fingerprint density at radius 1 is 1.19 bits per heavy atom. The number of fused-ring (bicyclic) bond motifs is 1. The maximum Gasteiger partial charge on any atom is 0.271 e. The van der Waals surface area contributed by atoms with Crippen molar-refractivity contribution in [3.63, 3.8) is 0 Å². The van der Waals surface area contributed by atoms with Crippen molar-refractivity contribution < 1.29 is 18.8 Å². The Balaban J connectivity index is 1.91. The van der Waals surface area contributed by atoms with Crippen molar-refractivity contribution >= 4 is 28.9 Å². The van der Waals surface area contributed by atoms with E-state index in [1.807, 2.05) is 38.1 Å². The van der Waals surface area contributed by atoms with Crippen LogP contribution in [0, 0.1) is 10.1 Å². The minimum Gasteiger partial charge on any atom is -0.490 e. The molecule has 2 aromatic carbocycles. The number of aromatic nitrogens is 1. The fraction of sp³-hybridized carbons (Fsp3) is 0.250. The topological polar surface area (TPSA) is 87.6 Å². The van der Waals surface area contributed by atoms with Crippen molar-refractivity contribution in [1.82, 2.24) is 4.98 Å². The van der Waals surface area contributed by atoms with Crippen molar-refractivity contribution in [2.75, 3.05) is 13.2 Å². The van der Waals surface area contributed by atoms with Crippen LogP contribution in [0.4, 0.5) is 5.69 Å². The van der Waals surface area contributed by atoms with E-state index in [2.05, 4.69) is 4.98 Å². The molecule has 7 nitrogen and oxygen atoms in total. The van der Waals surface area contributed by atoms with Crippen molar-refractivity contribution in [1.29, 1.82) is 0 Å². The molecule has 0 N–H and O–H groups in total. The number of nitro groups is 1. The van der Waals surface area contributed by atoms with Crippen LogP contribution in [0.5, 0.6) is 11.5 Å². The smallest absolute Gasteiger partial charge is 0.271 e. The first-order valence-electron chi connectivity index (χ1n) is 8.74. The van der Waals surface area contributed by atoms with Crippen molar-refractivity contribution in [2.45, 2.75) is 20.3 Å². The Bertz CT molecular complexity index is 978. The molecule has 0 spiro atoms. The lowest BCUT2D eigenvalue weighted by atomic mass is 10.1. The molecule has 0 aliphatic heterocycles. The van der Waals surface area contributed by atoms with Gasteiger partial charge in [0.1, 0.15) is 5.52 Å². The van der Waals surface area contributed by atoms with Crippen LogP contribution >= 0.6 is 0 Å². The first-order chi connectivity index (χ1) is 13.1. The number of ether oxygens (including phenoxy) is 2. The standard InChI is InChI=1S/C20H20N2O5/c1-3-12-26-20-14(6-5-7-18(20)25-4-2)8-11-19-21-16-13-15(22(23)24)9-10-17(16)27-19/h5-11,13H,3-4,12H2,1-2H3/b11-8+. The normalized spacial score (nSPS) is 11.2. The van der Waals surface area contributed by atoms with Gasteiger partial charge in [0.15, 0.2) is 17.1 Å². The predicted molar refractivity (Wildman–Crippen MR) is 103 cm³/mol. The van der Waals surface area contributed by atoms with Crippen LogP contribution in [0.2, 0.25) is 0 Å². The van der Waals surface area contributed by atoms with Crippen LogP contribution in [0.1, 0.15) is 31.7 Å². The average molecular weight is 368 g/mol. The summed E-state index contributed by atoms with van der Waals surface area (Å²) < 4.78 is 17.1. The van der Waals surface area contributed by atoms with Crippen molar-refractivity contribution in [3.8, 4) is 11.5 Å². The second kappa shape index (κ2) is 8.35. The highest BCUT2D eigenvalue weighted by molar-refractivity contribution is 5.79. The van der Waals surface area contributed by atoms with Crippen LogP contribution in [0.25, 0.3) is 23.3 Å². The number of benzene rings is 2. The maximum atomic E-state index is 10.9. The van der Waals surface area contributed by atoms with E-state index in [1.54, 1.807) is 12.1 Å². The fourth-order valence-electron chi connectivity index (χ4n) is 2.57. The Hall–Kier alpha value is -3.35. The third-order valence-corrected chi connectivity index (χ3v) is 3.76. The number of rotatable bonds is 8. The summed E-state index contributed by atoms with van der Waals surface area (Å²) in [5.41, 5.74) is 1.74. The van der Waals surface area contributed by atoms with Crippen LogP contribution < -0.4 is 9.47 Å². The number of non-ortho nitro benzene ring substituents is 1. The molecule has 140 valence electrons. The molecule has 0 bridgehead atoms. The number of oxazole rings is 1. The third-order valence-electron chi connectivity index (χ3n) is 3.76. The van der Waals surface area contributed by atoms with E-state index in [4.69, 9.17) is 13.9 Å². The molecular weight excluding hydrogens is 348 g/mol. The first kappa shape index (κ1) is 18.4. The number of para-hydroxylation sites is 1. The molecule has 0 radical (unpaired) electrons. The summed E-state index contributed by atoms with van der Waals surface area (Å²) in [5, 5.41) is 10.9. The second-order valence-corrected chi connectivity index (χ2v) is 5.75. The molecule has 0 aliphatic rings. The molecule has 1 heterocycles. The molecular formula is C20H20N2O5. The van der Waals surface area contributed by atoms with Gasteiger partial charge in [-0.3, -0.25) is 10.1 Å². The Kier molecular flexibility index (Phi) is 5.71. The van der Waals surface area contributed by atoms with E-state index in [9.17, 15) is 10.1 Å². The van der Waals surface area contributed by atoms with E-state index in [1.165, 1.54) is 12.1 Å². The highest BCUT2D eigenvalue weighted by Gasteiger charge is 2.12. The van der Waals surface area contributed by atoms with Gasteiger partial charge in [0.05, 0.1) is 18.1 Å². The van der Waals surface area contributed by atoms with Crippen LogP contribution in [-0.2, 0) is 0 Å². The van der Waals surface area contributed by atoms with Gasteiger partial charge >= 0.3 is 0 Å². The molecule has 0 saturated carbocycles. The van der Waals surface area contributed by atoms with Gasteiger partial charge < -0.3 is 13.9 Å². The van der Waals surface area contributed by atoms with Crippen LogP contribution in [0.3, 0.4) is 0 Å². The second-order valence-electron chi connectivity index (χ2n) is 5.75. The van der Waals surface area contributed by atoms with Gasteiger partial charge in [-0.2, -0.15) is 0 Å². The zero-order chi connectivity index (χ0) is 19.2. The van der Waals surface area contributed by atoms with E-state index >= 15 is 0 Å². The molecule has 3 aromatic rings. The molecule has 0 fully saturated rings. The Morgan fingerprint density at radius 2 is 2.04 bits per heavy atom. The number of hydrogen-bond donors (Lipinski definition) is 0. The van der Waals surface area contributed by atoms with Gasteiger partial charge in [-0.15, -0.1) is 0 Å². The van der Waals surface area contributed by atoms with Crippen molar-refractivity contribution in [2.24, 2.45) is 0 Å². The summed E-state index contributed by atoms with van der Waals surface area (Å²) in [6.45, 7) is 5.08. The zero-order valence-corrected chi connectivity index (χ0v) is 15.2. The van der Waals surface area contributed by atoms with E-state index in [0.29, 0.717) is 41.7 Å². The SMILES string of the molecule is CCCOc1c(/C=C/c2nc3cc([N+](=O)[O-])ccc3o2)cccc1OCC. The summed E-state index contributed by atoms with van der Waals surface area (Å²) in [4.78, 5) is 14.7. The maximum absolute atomic E-state index is 10.9. The molecule has 0 unspecified atom stereocenters. The van der Waals surface area contributed by atoms with Gasteiger partial charge in [-0.1, -0.05) is 19.1 Å². The Morgan fingerprint density at radius 3 is 2.78 bits per heavy atom. The lowest BCUT2D eigenvalue weighted by Gasteiger charge is -2.13. The number of hydrogen-bond acceptors (Lipinski definition) is 6. The van der Waals surface area contributed by atoms with Crippen LogP contribution in [0.15, 0.2) is 40.8 Å². The van der Waals surface area contributed by atoms with Crippen molar-refractivity contribution in [3.05, 3.63) is 58.0 Å². The number of nitro benzene ring substituents is 1. The zero-order valence-electron chi connectivity index (χ0n) is 15.2. The molecule has 0 aliphatic carbocycles. The monoisotopic (exact) mass is 368 g/mol. The van der Waals surface area contributed by atoms with Gasteiger partial charge in [0, 0.05) is 23.8 Å². The van der Waals surface area contributed by atoms with E-state index in [0.717, 1.165) is 12.0 Å². The minimum atomic E-state index is -0.458. The first-order valence-corrected chi connectivity index (χ1v) is 8.74. The van der Waals surface area contributed by atoms with E-state index in [-0.39, 0.29) is 5.69 Å². The predicted octanol–water partition coefficient (Wildman–Crippen LogP) is 5.09. The molecule has 3 rings (SSSR count). The fourth-order valence-corrected chi connectivity index (χ4v) is 2.57. The molecule has 1 aromatic heterocycles. The average Bonchev–Trinajstić information content (AvgIpc) is 3.07. The summed E-state index contributed by atoms with van der Waals surface area (Å²) in [7, 11) is 0. The molecule has 0 saturated heterocycles. The van der Waals surface area contributed by atoms with E-state index < -0.39 is 4.92 Å². The van der Waals surface area contributed by atoms with Gasteiger partial charge in [-0.25, -0.2) is 4.98 Å². The summed E-state index contributed by atoms with van der Waals surface area (Å²) >= 11 is 0. The van der Waals surface area contributed by atoms with Gasteiger partial charge in [-0.05, 0) is 31.6 Å². The molecule has 0 atom stereocenters. The largest absolute Gasteiger partial charge is 0.490 e. The van der Waals surface area contributed by atoms with Crippen LogP contribution in [-0.4, -0.2) is 23.1 Å². The lowest BCUT2D eigenvalue weighted by Crippen LogP contribution is -2.01. The minimum absolute atomic E-state index is 0.0222. The Labute approximate surface area is 156 Å². The number of nitrogens with zero attached hydrogens (tertiary/aromatic N) is 2. The van der Waals surface area contributed by atoms with Gasteiger partial charge in [0.25, 0.3) is 5.69 Å². The summed E-state index contributed by atoms with van der Waals surface area (Å²) in [6, 6.07) is 10.00. The lowest BCUT2D eigenvalue weighted by molar-refractivity contribution is -0.384.